The molecule has 0 radical (unpaired) electrons. The van der Waals surface area contributed by atoms with Gasteiger partial charge in [0.25, 0.3) is 0 Å². The minimum absolute atomic E-state index is 0.339. The molecule has 0 aliphatic heterocycles. The Bertz CT molecular complexity index is 471. The molecule has 1 saturated carbocycles. The van der Waals surface area contributed by atoms with Crippen molar-refractivity contribution in [3.8, 4) is 11.8 Å². The van der Waals surface area contributed by atoms with Crippen molar-refractivity contribution in [2.24, 2.45) is 0 Å². The highest BCUT2D eigenvalue weighted by Gasteiger charge is 2.35. The van der Waals surface area contributed by atoms with Crippen molar-refractivity contribution >= 4 is 11.8 Å². The summed E-state index contributed by atoms with van der Waals surface area (Å²) >= 11 is 1.86. The van der Waals surface area contributed by atoms with Crippen molar-refractivity contribution in [1.82, 2.24) is 5.32 Å². The maximum absolute atomic E-state index is 9.37. The summed E-state index contributed by atoms with van der Waals surface area (Å²) in [4.78, 5) is 1.22. The van der Waals surface area contributed by atoms with Crippen LogP contribution in [0.5, 0.6) is 5.75 Å². The third-order valence-corrected chi connectivity index (χ3v) is 5.00. The highest BCUT2D eigenvalue weighted by atomic mass is 32.2. The van der Waals surface area contributed by atoms with E-state index >= 15 is 0 Å². The van der Waals surface area contributed by atoms with E-state index in [0.717, 1.165) is 25.0 Å². The monoisotopic (exact) mass is 276 g/mol. The molecule has 0 bridgehead atoms. The van der Waals surface area contributed by atoms with Crippen LogP contribution in [0.2, 0.25) is 0 Å². The van der Waals surface area contributed by atoms with Crippen LogP contribution >= 0.6 is 11.8 Å². The van der Waals surface area contributed by atoms with Crippen LogP contribution in [0.3, 0.4) is 0 Å². The predicted molar refractivity (Wildman–Crippen MR) is 78.5 cm³/mol. The Balaban J connectivity index is 2.04. The van der Waals surface area contributed by atoms with E-state index in [4.69, 9.17) is 4.74 Å². The minimum Gasteiger partial charge on any atom is -0.497 e. The highest BCUT2D eigenvalue weighted by molar-refractivity contribution is 8.00. The lowest BCUT2D eigenvalue weighted by Crippen LogP contribution is -2.46. The predicted octanol–water partition coefficient (Wildman–Crippen LogP) is 3.21. The molecular formula is C15H20N2OS. The molecule has 2 atom stereocenters. The second-order valence-electron chi connectivity index (χ2n) is 4.96. The van der Waals surface area contributed by atoms with E-state index in [0.29, 0.717) is 5.25 Å². The lowest BCUT2D eigenvalue weighted by molar-refractivity contribution is 0.323. The number of nitrogens with one attached hydrogen (secondary N) is 1. The Morgan fingerprint density at radius 2 is 2.37 bits per heavy atom. The molecule has 3 nitrogen and oxygen atoms in total. The van der Waals surface area contributed by atoms with Gasteiger partial charge in [0, 0.05) is 10.1 Å². The summed E-state index contributed by atoms with van der Waals surface area (Å²) in [5, 5.41) is 13.1. The third-order valence-electron chi connectivity index (χ3n) is 3.74. The van der Waals surface area contributed by atoms with E-state index in [2.05, 4.69) is 23.5 Å². The Morgan fingerprint density at radius 3 is 3.05 bits per heavy atom. The first-order chi connectivity index (χ1) is 9.21. The first-order valence-corrected chi connectivity index (χ1v) is 7.50. The first-order valence-electron chi connectivity index (χ1n) is 6.62. The van der Waals surface area contributed by atoms with E-state index in [9.17, 15) is 5.26 Å². The van der Waals surface area contributed by atoms with Crippen LogP contribution in [0.4, 0.5) is 0 Å². The van der Waals surface area contributed by atoms with Crippen LogP contribution in [0.15, 0.2) is 29.2 Å². The zero-order chi connectivity index (χ0) is 13.7. The zero-order valence-electron chi connectivity index (χ0n) is 11.5. The van der Waals surface area contributed by atoms with E-state index < -0.39 is 0 Å². The van der Waals surface area contributed by atoms with Gasteiger partial charge in [0.05, 0.1) is 13.2 Å². The normalized spacial score (nSPS) is 26.7. The zero-order valence-corrected chi connectivity index (χ0v) is 12.3. The van der Waals surface area contributed by atoms with Gasteiger partial charge in [-0.2, -0.15) is 5.26 Å². The summed E-state index contributed by atoms with van der Waals surface area (Å²) in [6.45, 7) is 0. The largest absolute Gasteiger partial charge is 0.497 e. The average Bonchev–Trinajstić information content (AvgIpc) is 2.47. The first kappa shape index (κ1) is 14.2. The smallest absolute Gasteiger partial charge is 0.119 e. The van der Waals surface area contributed by atoms with E-state index in [1.807, 2.05) is 30.9 Å². The topological polar surface area (TPSA) is 45.0 Å². The van der Waals surface area contributed by atoms with Gasteiger partial charge >= 0.3 is 0 Å². The Hall–Kier alpha value is -1.18. The van der Waals surface area contributed by atoms with Crippen LogP contribution in [0.1, 0.15) is 25.7 Å². The molecule has 0 saturated heterocycles. The second kappa shape index (κ2) is 6.31. The molecule has 4 heteroatoms. The van der Waals surface area contributed by atoms with Gasteiger partial charge in [-0.3, -0.25) is 0 Å². The van der Waals surface area contributed by atoms with Crippen molar-refractivity contribution in [2.45, 2.75) is 41.4 Å². The highest BCUT2D eigenvalue weighted by Crippen LogP contribution is 2.38. The Kier molecular flexibility index (Phi) is 4.73. The molecule has 1 fully saturated rings. The molecule has 0 spiro atoms. The fraction of sp³-hybridized carbons (Fsp3) is 0.533. The minimum atomic E-state index is -0.339. The molecule has 0 amide bonds. The summed E-state index contributed by atoms with van der Waals surface area (Å²) in [6.07, 6.45) is 4.14. The second-order valence-corrected chi connectivity index (χ2v) is 6.33. The standard InChI is InChI=1S/C15H20N2OS/c1-17-15(11-16)8-4-7-14(10-15)19-13-6-3-5-12(9-13)18-2/h3,5-6,9,14,17H,4,7-8,10H2,1-2H3. The number of rotatable bonds is 4. The number of nitrogens with zero attached hydrogens (tertiary/aromatic N) is 1. The maximum atomic E-state index is 9.37. The van der Waals surface area contributed by atoms with Gasteiger partial charge in [-0.1, -0.05) is 6.07 Å². The van der Waals surface area contributed by atoms with Gasteiger partial charge in [-0.05, 0) is 50.9 Å². The summed E-state index contributed by atoms with van der Waals surface area (Å²) in [7, 11) is 3.58. The Labute approximate surface area is 119 Å². The SMILES string of the molecule is CNC1(C#N)CCCC(Sc2cccc(OC)c2)C1. The number of benzene rings is 1. The average molecular weight is 276 g/mol. The molecule has 1 N–H and O–H groups in total. The van der Waals surface area contributed by atoms with Gasteiger partial charge in [0.1, 0.15) is 11.3 Å². The molecule has 1 aliphatic rings. The summed E-state index contributed by atoms with van der Waals surface area (Å²) < 4.78 is 5.25. The van der Waals surface area contributed by atoms with Crippen molar-refractivity contribution in [1.29, 1.82) is 5.26 Å². The molecule has 102 valence electrons. The van der Waals surface area contributed by atoms with Crippen LogP contribution in [0.25, 0.3) is 0 Å². The number of thioether (sulfide) groups is 1. The number of hydrogen-bond acceptors (Lipinski definition) is 4. The fourth-order valence-electron chi connectivity index (χ4n) is 2.58. The molecule has 1 aromatic rings. The molecule has 0 heterocycles. The molecule has 1 aliphatic carbocycles. The number of methoxy groups -OCH3 is 1. The molecule has 0 aromatic heterocycles. The van der Waals surface area contributed by atoms with Crippen molar-refractivity contribution in [3.05, 3.63) is 24.3 Å². The van der Waals surface area contributed by atoms with Crippen molar-refractivity contribution in [3.63, 3.8) is 0 Å². The van der Waals surface area contributed by atoms with E-state index in [-0.39, 0.29) is 5.54 Å². The summed E-state index contributed by atoms with van der Waals surface area (Å²) in [6, 6.07) is 10.6. The van der Waals surface area contributed by atoms with Gasteiger partial charge in [0.15, 0.2) is 0 Å². The molecule has 2 rings (SSSR count). The van der Waals surface area contributed by atoms with E-state index in [1.165, 1.54) is 11.3 Å². The van der Waals surface area contributed by atoms with Gasteiger partial charge in [-0.15, -0.1) is 11.8 Å². The number of hydrogen-bond donors (Lipinski definition) is 1. The molecular weight excluding hydrogens is 256 g/mol. The fourth-order valence-corrected chi connectivity index (χ4v) is 3.95. The maximum Gasteiger partial charge on any atom is 0.119 e. The van der Waals surface area contributed by atoms with Crippen LogP contribution < -0.4 is 10.1 Å². The third kappa shape index (κ3) is 3.43. The van der Waals surface area contributed by atoms with Crippen molar-refractivity contribution in [2.75, 3.05) is 14.2 Å². The van der Waals surface area contributed by atoms with Crippen LogP contribution in [-0.4, -0.2) is 24.9 Å². The number of nitriles is 1. The summed E-state index contributed by atoms with van der Waals surface area (Å²) in [5.41, 5.74) is -0.339. The van der Waals surface area contributed by atoms with Crippen molar-refractivity contribution < 1.29 is 4.74 Å². The van der Waals surface area contributed by atoms with Crippen LogP contribution in [-0.2, 0) is 0 Å². The Morgan fingerprint density at radius 1 is 1.53 bits per heavy atom. The molecule has 1 aromatic carbocycles. The molecule has 19 heavy (non-hydrogen) atoms. The number of ether oxygens (including phenoxy) is 1. The van der Waals surface area contributed by atoms with Gasteiger partial charge in [0.2, 0.25) is 0 Å². The molecule has 2 unspecified atom stereocenters. The van der Waals surface area contributed by atoms with Gasteiger partial charge < -0.3 is 10.1 Å². The van der Waals surface area contributed by atoms with Crippen LogP contribution in [0, 0.1) is 11.3 Å². The quantitative estimate of drug-likeness (QED) is 0.917. The lowest BCUT2D eigenvalue weighted by Gasteiger charge is -2.35. The van der Waals surface area contributed by atoms with E-state index in [1.54, 1.807) is 7.11 Å². The lowest BCUT2D eigenvalue weighted by atomic mass is 9.83. The van der Waals surface area contributed by atoms with Gasteiger partial charge in [-0.25, -0.2) is 0 Å². The summed E-state index contributed by atoms with van der Waals surface area (Å²) in [5.74, 6) is 0.890.